The summed E-state index contributed by atoms with van der Waals surface area (Å²) in [6.45, 7) is 1.92. The minimum absolute atomic E-state index is 0.174. The van der Waals surface area contributed by atoms with Crippen LogP contribution in [0.1, 0.15) is 39.5 Å². The average molecular weight is 350 g/mol. The summed E-state index contributed by atoms with van der Waals surface area (Å²) in [7, 11) is 1.52. The molecule has 0 saturated carbocycles. The highest BCUT2D eigenvalue weighted by molar-refractivity contribution is 6.04. The SMILES string of the molecule is CNC(=O)c1cc(C(=O)Nc2ccnnc2)n([C@@H](C)c2ccccc2)n1. The molecule has 2 N–H and O–H groups in total. The minimum atomic E-state index is -0.386. The Bertz CT molecular complexity index is 908. The monoisotopic (exact) mass is 350 g/mol. The van der Waals surface area contributed by atoms with Crippen molar-refractivity contribution in [2.24, 2.45) is 0 Å². The first-order valence-electron chi connectivity index (χ1n) is 8.04. The number of carbonyl (C=O) groups is 2. The molecule has 0 unspecified atom stereocenters. The fourth-order valence-corrected chi connectivity index (χ4v) is 2.53. The average Bonchev–Trinajstić information content (AvgIpc) is 3.14. The first-order chi connectivity index (χ1) is 12.6. The van der Waals surface area contributed by atoms with Gasteiger partial charge in [0.15, 0.2) is 5.69 Å². The number of amides is 2. The van der Waals surface area contributed by atoms with Crippen molar-refractivity contribution in [3.05, 3.63) is 71.8 Å². The van der Waals surface area contributed by atoms with Crippen LogP contribution in [0, 0.1) is 0 Å². The van der Waals surface area contributed by atoms with Crippen LogP contribution < -0.4 is 10.6 Å². The van der Waals surface area contributed by atoms with Gasteiger partial charge >= 0.3 is 0 Å². The summed E-state index contributed by atoms with van der Waals surface area (Å²) >= 11 is 0. The minimum Gasteiger partial charge on any atom is -0.354 e. The Morgan fingerprint density at radius 1 is 1.08 bits per heavy atom. The molecule has 0 aliphatic carbocycles. The first kappa shape index (κ1) is 17.3. The second kappa shape index (κ2) is 7.56. The van der Waals surface area contributed by atoms with Crippen LogP contribution in [0.25, 0.3) is 0 Å². The number of anilines is 1. The zero-order valence-corrected chi connectivity index (χ0v) is 14.4. The smallest absolute Gasteiger partial charge is 0.274 e. The van der Waals surface area contributed by atoms with Crippen molar-refractivity contribution < 1.29 is 9.59 Å². The summed E-state index contributed by atoms with van der Waals surface area (Å²) < 4.78 is 1.55. The molecule has 26 heavy (non-hydrogen) atoms. The molecule has 1 aromatic carbocycles. The Balaban J connectivity index is 1.98. The third-order valence-electron chi connectivity index (χ3n) is 3.92. The predicted molar refractivity (Wildman–Crippen MR) is 95.9 cm³/mol. The van der Waals surface area contributed by atoms with E-state index in [0.29, 0.717) is 5.69 Å². The molecule has 2 aromatic heterocycles. The molecule has 1 atom stereocenters. The molecule has 0 radical (unpaired) electrons. The van der Waals surface area contributed by atoms with Gasteiger partial charge in [-0.3, -0.25) is 14.3 Å². The lowest BCUT2D eigenvalue weighted by atomic mass is 10.1. The topological polar surface area (TPSA) is 102 Å². The highest BCUT2D eigenvalue weighted by Gasteiger charge is 2.22. The molecule has 0 aliphatic heterocycles. The van der Waals surface area contributed by atoms with Crippen LogP contribution in [-0.4, -0.2) is 38.8 Å². The zero-order chi connectivity index (χ0) is 18.5. The van der Waals surface area contributed by atoms with Gasteiger partial charge in [0.2, 0.25) is 0 Å². The largest absolute Gasteiger partial charge is 0.354 e. The maximum atomic E-state index is 12.7. The summed E-state index contributed by atoms with van der Waals surface area (Å²) in [5.41, 5.74) is 1.93. The van der Waals surface area contributed by atoms with Crippen LogP contribution in [0.4, 0.5) is 5.69 Å². The number of rotatable bonds is 5. The molecule has 2 heterocycles. The van der Waals surface area contributed by atoms with Gasteiger partial charge in [0.1, 0.15) is 5.69 Å². The van der Waals surface area contributed by atoms with Gasteiger partial charge in [0.25, 0.3) is 11.8 Å². The normalized spacial score (nSPS) is 11.6. The Kier molecular flexibility index (Phi) is 5.02. The molecule has 0 spiro atoms. The number of nitrogens with one attached hydrogen (secondary N) is 2. The van der Waals surface area contributed by atoms with Gasteiger partial charge in [-0.05, 0) is 18.6 Å². The molecular weight excluding hydrogens is 332 g/mol. The predicted octanol–water partition coefficient (Wildman–Crippen LogP) is 1.89. The Morgan fingerprint density at radius 2 is 1.85 bits per heavy atom. The van der Waals surface area contributed by atoms with E-state index in [2.05, 4.69) is 25.9 Å². The van der Waals surface area contributed by atoms with Crippen molar-refractivity contribution in [1.29, 1.82) is 0 Å². The molecule has 0 saturated heterocycles. The van der Waals surface area contributed by atoms with Gasteiger partial charge in [-0.15, -0.1) is 0 Å². The van der Waals surface area contributed by atoms with Crippen molar-refractivity contribution in [3.8, 4) is 0 Å². The van der Waals surface area contributed by atoms with Crippen LogP contribution >= 0.6 is 0 Å². The van der Waals surface area contributed by atoms with Gasteiger partial charge in [-0.25, -0.2) is 0 Å². The van der Waals surface area contributed by atoms with Crippen LogP contribution in [0.15, 0.2) is 54.9 Å². The quantitative estimate of drug-likeness (QED) is 0.732. The number of hydrogen-bond acceptors (Lipinski definition) is 5. The van der Waals surface area contributed by atoms with E-state index in [1.807, 2.05) is 37.3 Å². The Morgan fingerprint density at radius 3 is 2.50 bits per heavy atom. The van der Waals surface area contributed by atoms with E-state index in [9.17, 15) is 9.59 Å². The van der Waals surface area contributed by atoms with Crippen LogP contribution in [0.3, 0.4) is 0 Å². The van der Waals surface area contributed by atoms with Crippen molar-refractivity contribution >= 4 is 17.5 Å². The number of hydrogen-bond donors (Lipinski definition) is 2. The van der Waals surface area contributed by atoms with E-state index >= 15 is 0 Å². The van der Waals surface area contributed by atoms with Crippen LogP contribution in [0.2, 0.25) is 0 Å². The number of nitrogens with zero attached hydrogens (tertiary/aromatic N) is 4. The molecule has 0 aliphatic rings. The highest BCUT2D eigenvalue weighted by atomic mass is 16.2. The second-order valence-electron chi connectivity index (χ2n) is 5.61. The van der Waals surface area contributed by atoms with E-state index in [1.54, 1.807) is 10.7 Å². The Hall–Kier alpha value is -3.55. The molecule has 0 bridgehead atoms. The lowest BCUT2D eigenvalue weighted by molar-refractivity contribution is 0.0956. The molecule has 0 fully saturated rings. The third kappa shape index (κ3) is 3.59. The number of carbonyl (C=O) groups excluding carboxylic acids is 2. The summed E-state index contributed by atoms with van der Waals surface area (Å²) in [4.78, 5) is 24.7. The maximum absolute atomic E-state index is 12.7. The van der Waals surface area contributed by atoms with Crippen LogP contribution in [-0.2, 0) is 0 Å². The summed E-state index contributed by atoms with van der Waals surface area (Å²) in [5, 5.41) is 17.0. The van der Waals surface area contributed by atoms with E-state index in [0.717, 1.165) is 5.56 Å². The standard InChI is InChI=1S/C18H18N6O2/c1-12(13-6-4-3-5-7-13)24-16(10-15(23-24)17(25)19-2)18(26)22-14-8-9-20-21-11-14/h3-12H,1-2H3,(H,19,25)(H,20,22,26)/t12-/m0/s1. The molecule has 8 heteroatoms. The van der Waals surface area contributed by atoms with Crippen molar-refractivity contribution in [2.45, 2.75) is 13.0 Å². The lowest BCUT2D eigenvalue weighted by Gasteiger charge is -2.16. The van der Waals surface area contributed by atoms with E-state index < -0.39 is 0 Å². The van der Waals surface area contributed by atoms with Crippen molar-refractivity contribution in [1.82, 2.24) is 25.3 Å². The number of aromatic nitrogens is 4. The molecule has 8 nitrogen and oxygen atoms in total. The van der Waals surface area contributed by atoms with E-state index in [4.69, 9.17) is 0 Å². The molecular formula is C18H18N6O2. The fourth-order valence-electron chi connectivity index (χ4n) is 2.53. The van der Waals surface area contributed by atoms with Gasteiger partial charge in [0, 0.05) is 13.1 Å². The van der Waals surface area contributed by atoms with E-state index in [-0.39, 0.29) is 29.2 Å². The summed E-state index contributed by atoms with van der Waals surface area (Å²) in [5.74, 6) is -0.743. The molecule has 132 valence electrons. The second-order valence-corrected chi connectivity index (χ2v) is 5.61. The van der Waals surface area contributed by atoms with Gasteiger partial charge < -0.3 is 10.6 Å². The molecule has 3 rings (SSSR count). The molecule has 2 amide bonds. The number of benzene rings is 1. The van der Waals surface area contributed by atoms with Crippen molar-refractivity contribution in [3.63, 3.8) is 0 Å². The van der Waals surface area contributed by atoms with Crippen molar-refractivity contribution in [2.75, 3.05) is 12.4 Å². The van der Waals surface area contributed by atoms with Gasteiger partial charge in [-0.2, -0.15) is 15.3 Å². The summed E-state index contributed by atoms with van der Waals surface area (Å²) in [6.07, 6.45) is 2.92. The fraction of sp³-hybridized carbons (Fsp3) is 0.167. The highest BCUT2D eigenvalue weighted by Crippen LogP contribution is 2.21. The lowest BCUT2D eigenvalue weighted by Crippen LogP contribution is -2.21. The maximum Gasteiger partial charge on any atom is 0.274 e. The summed E-state index contributed by atoms with van der Waals surface area (Å²) in [6, 6.07) is 12.5. The Labute approximate surface area is 150 Å². The molecule has 3 aromatic rings. The van der Waals surface area contributed by atoms with Crippen LogP contribution in [0.5, 0.6) is 0 Å². The first-order valence-corrected chi connectivity index (χ1v) is 8.04. The van der Waals surface area contributed by atoms with Gasteiger partial charge in [-0.1, -0.05) is 30.3 Å². The zero-order valence-electron chi connectivity index (χ0n) is 14.4. The van der Waals surface area contributed by atoms with Gasteiger partial charge in [0.05, 0.1) is 24.1 Å². The van der Waals surface area contributed by atoms with E-state index in [1.165, 1.54) is 25.5 Å². The third-order valence-corrected chi connectivity index (χ3v) is 3.92.